The highest BCUT2D eigenvalue weighted by Crippen LogP contribution is 2.46. The number of fused-ring (bicyclic) bond motifs is 3. The molecule has 0 radical (unpaired) electrons. The van der Waals surface area contributed by atoms with Crippen LogP contribution in [0.25, 0.3) is 11.1 Å². The number of nitrogens with zero attached hydrogens (tertiary/aromatic N) is 1. The van der Waals surface area contributed by atoms with E-state index in [9.17, 15) is 13.2 Å². The first kappa shape index (κ1) is 18.4. The van der Waals surface area contributed by atoms with Crippen LogP contribution in [0.15, 0.2) is 66.7 Å². The molecule has 4 rings (SSSR count). The van der Waals surface area contributed by atoms with Gasteiger partial charge in [0.25, 0.3) is 0 Å². The van der Waals surface area contributed by atoms with Crippen LogP contribution in [-0.4, -0.2) is 13.7 Å². The van der Waals surface area contributed by atoms with E-state index < -0.39 is 11.7 Å². The molecule has 0 aliphatic carbocycles. The number of ether oxygens (including phenoxy) is 1. The average Bonchev–Trinajstić information content (AvgIpc) is 2.71. The van der Waals surface area contributed by atoms with Crippen molar-refractivity contribution in [2.24, 2.45) is 0 Å². The summed E-state index contributed by atoms with van der Waals surface area (Å²) in [5, 5.41) is 0. The van der Waals surface area contributed by atoms with E-state index in [2.05, 4.69) is 0 Å². The number of anilines is 1. The molecule has 3 aromatic rings. The molecule has 0 spiro atoms. The summed E-state index contributed by atoms with van der Waals surface area (Å²) in [6.07, 6.45) is -3.74. The van der Waals surface area contributed by atoms with Crippen LogP contribution in [0.2, 0.25) is 0 Å². The minimum atomic E-state index is -4.39. The lowest BCUT2D eigenvalue weighted by molar-refractivity contribution is -0.137. The standard InChI is InChI=1S/C23H20F3NO/c1-28-18-11-9-16(10-12-18)13-14-27-15-17-5-2-3-6-19(17)20-7-4-8-21(22(20)27)23(24,25)26/h2-12H,13-15H2,1H3. The van der Waals surface area contributed by atoms with Gasteiger partial charge >= 0.3 is 6.18 Å². The van der Waals surface area contributed by atoms with Gasteiger partial charge in [-0.05, 0) is 41.3 Å². The fraction of sp³-hybridized carbons (Fsp3) is 0.217. The third kappa shape index (κ3) is 3.44. The molecule has 0 fully saturated rings. The second-order valence-electron chi connectivity index (χ2n) is 6.88. The van der Waals surface area contributed by atoms with Gasteiger partial charge < -0.3 is 9.64 Å². The molecular formula is C23H20F3NO. The third-order valence-electron chi connectivity index (χ3n) is 5.16. The first-order chi connectivity index (χ1) is 13.5. The molecule has 0 atom stereocenters. The van der Waals surface area contributed by atoms with Crippen LogP contribution in [-0.2, 0) is 19.1 Å². The van der Waals surface area contributed by atoms with Crippen molar-refractivity contribution in [3.05, 3.63) is 83.4 Å². The SMILES string of the molecule is COc1ccc(CCN2Cc3ccccc3-c3cccc(C(F)(F)F)c32)cc1. The van der Waals surface area contributed by atoms with Crippen molar-refractivity contribution in [3.63, 3.8) is 0 Å². The van der Waals surface area contributed by atoms with Gasteiger partial charge in [0.15, 0.2) is 0 Å². The quantitative estimate of drug-likeness (QED) is 0.552. The van der Waals surface area contributed by atoms with Gasteiger partial charge in [-0.25, -0.2) is 0 Å². The number of alkyl halides is 3. The molecule has 144 valence electrons. The molecule has 2 nitrogen and oxygen atoms in total. The lowest BCUT2D eigenvalue weighted by atomic mass is 9.90. The Labute approximate surface area is 162 Å². The second-order valence-corrected chi connectivity index (χ2v) is 6.88. The Bertz CT molecular complexity index is 980. The molecule has 5 heteroatoms. The Morgan fingerprint density at radius 3 is 2.32 bits per heavy atom. The number of hydrogen-bond donors (Lipinski definition) is 0. The van der Waals surface area contributed by atoms with Gasteiger partial charge in [0.2, 0.25) is 0 Å². The third-order valence-corrected chi connectivity index (χ3v) is 5.16. The Kier molecular flexibility index (Phi) is 4.75. The van der Waals surface area contributed by atoms with E-state index in [0.717, 1.165) is 22.4 Å². The zero-order chi connectivity index (χ0) is 19.7. The van der Waals surface area contributed by atoms with Gasteiger partial charge in [-0.3, -0.25) is 0 Å². The van der Waals surface area contributed by atoms with Crippen LogP contribution in [0, 0.1) is 0 Å². The maximum Gasteiger partial charge on any atom is 0.418 e. The second kappa shape index (κ2) is 7.23. The largest absolute Gasteiger partial charge is 0.497 e. The van der Waals surface area contributed by atoms with Crippen LogP contribution in [0.5, 0.6) is 5.75 Å². The molecule has 1 heterocycles. The van der Waals surface area contributed by atoms with Crippen molar-refractivity contribution in [2.45, 2.75) is 19.1 Å². The van der Waals surface area contributed by atoms with Gasteiger partial charge in [-0.2, -0.15) is 13.2 Å². The molecule has 0 unspecified atom stereocenters. The van der Waals surface area contributed by atoms with Crippen molar-refractivity contribution < 1.29 is 17.9 Å². The highest BCUT2D eigenvalue weighted by Gasteiger charge is 2.37. The van der Waals surface area contributed by atoms with Gasteiger partial charge in [-0.1, -0.05) is 48.5 Å². The molecule has 0 saturated heterocycles. The topological polar surface area (TPSA) is 12.5 Å². The summed E-state index contributed by atoms with van der Waals surface area (Å²) < 4.78 is 46.4. The van der Waals surface area contributed by atoms with E-state index >= 15 is 0 Å². The maximum absolute atomic E-state index is 13.7. The predicted molar refractivity (Wildman–Crippen MR) is 105 cm³/mol. The van der Waals surface area contributed by atoms with Crippen LogP contribution >= 0.6 is 0 Å². The smallest absolute Gasteiger partial charge is 0.418 e. The maximum atomic E-state index is 13.7. The predicted octanol–water partition coefficient (Wildman–Crippen LogP) is 5.94. The fourth-order valence-electron chi connectivity index (χ4n) is 3.78. The summed E-state index contributed by atoms with van der Waals surface area (Å²) in [6.45, 7) is 0.965. The lowest BCUT2D eigenvalue weighted by Gasteiger charge is -2.35. The Balaban J connectivity index is 1.71. The number of rotatable bonds is 4. The molecule has 0 amide bonds. The van der Waals surface area contributed by atoms with E-state index in [-0.39, 0.29) is 5.69 Å². The average molecular weight is 383 g/mol. The number of hydrogen-bond acceptors (Lipinski definition) is 2. The van der Waals surface area contributed by atoms with Crippen molar-refractivity contribution in [1.82, 2.24) is 0 Å². The molecule has 0 N–H and O–H groups in total. The monoisotopic (exact) mass is 383 g/mol. The first-order valence-electron chi connectivity index (χ1n) is 9.14. The van der Waals surface area contributed by atoms with Gasteiger partial charge in [0.05, 0.1) is 18.4 Å². The van der Waals surface area contributed by atoms with Crippen LogP contribution in [0.3, 0.4) is 0 Å². The summed E-state index contributed by atoms with van der Waals surface area (Å²) in [5.74, 6) is 0.764. The van der Waals surface area contributed by atoms with E-state index in [1.807, 2.05) is 53.4 Å². The van der Waals surface area contributed by atoms with E-state index in [1.165, 1.54) is 12.1 Å². The zero-order valence-electron chi connectivity index (χ0n) is 15.5. The Morgan fingerprint density at radius 1 is 0.893 bits per heavy atom. The fourth-order valence-corrected chi connectivity index (χ4v) is 3.78. The van der Waals surface area contributed by atoms with Crippen LogP contribution < -0.4 is 9.64 Å². The number of benzene rings is 3. The van der Waals surface area contributed by atoms with Crippen LogP contribution in [0.4, 0.5) is 18.9 Å². The van der Waals surface area contributed by atoms with E-state index in [0.29, 0.717) is 25.1 Å². The Hall–Kier alpha value is -2.95. The first-order valence-corrected chi connectivity index (χ1v) is 9.14. The minimum absolute atomic E-state index is 0.280. The van der Waals surface area contributed by atoms with Crippen molar-refractivity contribution in [1.29, 1.82) is 0 Å². The van der Waals surface area contributed by atoms with Crippen molar-refractivity contribution in [2.75, 3.05) is 18.6 Å². The summed E-state index contributed by atoms with van der Waals surface area (Å²) in [4.78, 5) is 1.85. The van der Waals surface area contributed by atoms with E-state index in [1.54, 1.807) is 13.2 Å². The minimum Gasteiger partial charge on any atom is -0.497 e. The number of para-hydroxylation sites is 1. The zero-order valence-corrected chi connectivity index (χ0v) is 15.5. The molecule has 1 aliphatic heterocycles. The van der Waals surface area contributed by atoms with Gasteiger partial charge in [0.1, 0.15) is 5.75 Å². The van der Waals surface area contributed by atoms with E-state index in [4.69, 9.17) is 4.74 Å². The molecule has 28 heavy (non-hydrogen) atoms. The summed E-state index contributed by atoms with van der Waals surface area (Å²) >= 11 is 0. The van der Waals surface area contributed by atoms with Crippen molar-refractivity contribution >= 4 is 5.69 Å². The van der Waals surface area contributed by atoms with Crippen LogP contribution in [0.1, 0.15) is 16.7 Å². The number of halogens is 3. The molecular weight excluding hydrogens is 363 g/mol. The lowest BCUT2D eigenvalue weighted by Crippen LogP contribution is -2.31. The molecule has 3 aromatic carbocycles. The normalized spacial score (nSPS) is 13.1. The molecule has 0 bridgehead atoms. The number of methoxy groups -OCH3 is 1. The highest BCUT2D eigenvalue weighted by molar-refractivity contribution is 5.86. The molecule has 0 aromatic heterocycles. The molecule has 1 aliphatic rings. The Morgan fingerprint density at radius 2 is 1.61 bits per heavy atom. The van der Waals surface area contributed by atoms with Crippen molar-refractivity contribution in [3.8, 4) is 16.9 Å². The summed E-state index contributed by atoms with van der Waals surface area (Å²) in [5.41, 5.74) is 3.34. The highest BCUT2D eigenvalue weighted by atomic mass is 19.4. The summed E-state index contributed by atoms with van der Waals surface area (Å²) in [7, 11) is 1.61. The van der Waals surface area contributed by atoms with Gasteiger partial charge in [-0.15, -0.1) is 0 Å². The van der Waals surface area contributed by atoms with Gasteiger partial charge in [0, 0.05) is 18.7 Å². The molecule has 0 saturated carbocycles. The summed E-state index contributed by atoms with van der Waals surface area (Å²) in [6, 6.07) is 19.8.